The van der Waals surface area contributed by atoms with Gasteiger partial charge < -0.3 is 20.1 Å². The predicted octanol–water partition coefficient (Wildman–Crippen LogP) is 1.06. The van der Waals surface area contributed by atoms with E-state index >= 15 is 0 Å². The quantitative estimate of drug-likeness (QED) is 0.197. The first-order valence-electron chi connectivity index (χ1n) is 10.3. The molecule has 167 valence electrons. The topological polar surface area (TPSA) is 106 Å². The second-order valence-electron chi connectivity index (χ2n) is 7.09. The van der Waals surface area contributed by atoms with Crippen LogP contribution in [0.4, 0.5) is 4.39 Å². The number of halogens is 1. The summed E-state index contributed by atoms with van der Waals surface area (Å²) in [6, 6.07) is 4.48. The van der Waals surface area contributed by atoms with Gasteiger partial charge in [0.15, 0.2) is 0 Å². The van der Waals surface area contributed by atoms with Crippen LogP contribution in [0.2, 0.25) is 6.82 Å². The molecule has 31 heavy (non-hydrogen) atoms. The van der Waals surface area contributed by atoms with Gasteiger partial charge in [-0.1, -0.05) is 25.0 Å². The number of ether oxygens (including phenoxy) is 1. The number of rotatable bonds is 12. The number of hydroxylamine groups is 1. The van der Waals surface area contributed by atoms with Crippen molar-refractivity contribution < 1.29 is 28.3 Å². The molecule has 8 nitrogen and oxygen atoms in total. The monoisotopic (exact) mass is 432 g/mol. The Hall–Kier alpha value is -2.72. The van der Waals surface area contributed by atoms with Crippen molar-refractivity contribution in [2.24, 2.45) is 5.92 Å². The van der Waals surface area contributed by atoms with E-state index in [4.69, 9.17) is 9.49 Å². The summed E-state index contributed by atoms with van der Waals surface area (Å²) in [5.74, 6) is -1.62. The summed E-state index contributed by atoms with van der Waals surface area (Å²) in [7, 11) is 1.39. The maximum atomic E-state index is 13.2. The van der Waals surface area contributed by atoms with Crippen LogP contribution < -0.4 is 16.1 Å². The number of amides is 2. The lowest BCUT2D eigenvalue weighted by Gasteiger charge is -2.23. The van der Waals surface area contributed by atoms with E-state index in [1.165, 1.54) is 31.8 Å². The highest BCUT2D eigenvalue weighted by Gasteiger charge is 2.28. The smallest absolute Gasteiger partial charge is 0.330 e. The SMILES string of the molecule is C[B]ON[C@@H](Cc1ccc(F)cc1)C(=O)NC(C=CC(=O)OCC)C[C@@H]1CCNC1=O. The van der Waals surface area contributed by atoms with Gasteiger partial charge in [-0.2, -0.15) is 0 Å². The van der Waals surface area contributed by atoms with Gasteiger partial charge in [0, 0.05) is 24.6 Å². The van der Waals surface area contributed by atoms with E-state index in [9.17, 15) is 18.8 Å². The van der Waals surface area contributed by atoms with Crippen LogP contribution in [0.5, 0.6) is 0 Å². The van der Waals surface area contributed by atoms with Gasteiger partial charge >= 0.3 is 13.5 Å². The molecule has 1 aromatic rings. The van der Waals surface area contributed by atoms with Gasteiger partial charge in [0.05, 0.1) is 6.61 Å². The summed E-state index contributed by atoms with van der Waals surface area (Å²) in [6.07, 6.45) is 4.03. The number of esters is 1. The standard InChI is InChI=1S/C21H28BFN3O5/c1-3-30-19(27)9-8-17(13-15-10-11-24-20(15)28)25-21(29)18(26-31-22-2)12-14-4-6-16(23)7-5-14/h4-9,15,17-18,26H,3,10-13H2,1-2H3,(H,24,28)(H,25,29)/t15-,17?,18-/m0/s1. The highest BCUT2D eigenvalue weighted by atomic mass is 19.1. The Bertz CT molecular complexity index is 775. The van der Waals surface area contributed by atoms with E-state index in [1.807, 2.05) is 0 Å². The molecule has 1 aliphatic heterocycles. The highest BCUT2D eigenvalue weighted by molar-refractivity contribution is 6.24. The van der Waals surface area contributed by atoms with E-state index < -0.39 is 18.1 Å². The first-order chi connectivity index (χ1) is 14.9. The van der Waals surface area contributed by atoms with Crippen molar-refractivity contribution in [3.05, 3.63) is 47.8 Å². The molecule has 0 bridgehead atoms. The van der Waals surface area contributed by atoms with Crippen molar-refractivity contribution in [2.75, 3.05) is 13.2 Å². The maximum absolute atomic E-state index is 13.2. The van der Waals surface area contributed by atoms with Gasteiger partial charge in [-0.25, -0.2) is 14.7 Å². The van der Waals surface area contributed by atoms with Gasteiger partial charge in [-0.15, -0.1) is 0 Å². The number of carbonyl (C=O) groups is 3. The second-order valence-corrected chi connectivity index (χ2v) is 7.09. The van der Waals surface area contributed by atoms with Crippen molar-refractivity contribution in [3.8, 4) is 0 Å². The molecule has 1 unspecified atom stereocenters. The van der Waals surface area contributed by atoms with Crippen LogP contribution in [0.15, 0.2) is 36.4 Å². The molecular formula is C21H28BFN3O5. The molecule has 1 fully saturated rings. The molecule has 3 atom stereocenters. The first-order valence-corrected chi connectivity index (χ1v) is 10.3. The van der Waals surface area contributed by atoms with Crippen LogP contribution >= 0.6 is 0 Å². The zero-order valence-electron chi connectivity index (χ0n) is 17.7. The third kappa shape index (κ3) is 8.51. The number of nitrogens with one attached hydrogen (secondary N) is 3. The third-order valence-corrected chi connectivity index (χ3v) is 4.78. The predicted molar refractivity (Wildman–Crippen MR) is 113 cm³/mol. The normalized spacial score (nSPS) is 17.8. The molecule has 3 N–H and O–H groups in total. The third-order valence-electron chi connectivity index (χ3n) is 4.78. The minimum Gasteiger partial charge on any atom is -0.463 e. The number of hydrogen-bond acceptors (Lipinski definition) is 6. The Balaban J connectivity index is 2.10. The average molecular weight is 432 g/mol. The first kappa shape index (κ1) is 24.6. The summed E-state index contributed by atoms with van der Waals surface area (Å²) in [6.45, 7) is 4.17. The van der Waals surface area contributed by atoms with Crippen LogP contribution in [0.1, 0.15) is 25.3 Å². The van der Waals surface area contributed by atoms with E-state index in [1.54, 1.807) is 25.9 Å². The van der Waals surface area contributed by atoms with Crippen LogP contribution in [0, 0.1) is 11.7 Å². The summed E-state index contributed by atoms with van der Waals surface area (Å²) in [5.41, 5.74) is 3.41. The van der Waals surface area contributed by atoms with Crippen molar-refractivity contribution in [1.82, 2.24) is 16.1 Å². The minimum atomic E-state index is -0.780. The van der Waals surface area contributed by atoms with Crippen LogP contribution in [-0.2, 0) is 30.3 Å². The molecule has 2 amide bonds. The highest BCUT2D eigenvalue weighted by Crippen LogP contribution is 2.17. The molecule has 0 spiro atoms. The number of hydrogen-bond donors (Lipinski definition) is 3. The van der Waals surface area contributed by atoms with E-state index in [-0.39, 0.29) is 36.6 Å². The van der Waals surface area contributed by atoms with Crippen molar-refractivity contribution in [3.63, 3.8) is 0 Å². The Morgan fingerprint density at radius 1 is 1.35 bits per heavy atom. The van der Waals surface area contributed by atoms with Crippen molar-refractivity contribution in [2.45, 2.75) is 45.1 Å². The van der Waals surface area contributed by atoms with Gasteiger partial charge in [-0.05, 0) is 43.9 Å². The average Bonchev–Trinajstić information content (AvgIpc) is 3.15. The fourth-order valence-electron chi connectivity index (χ4n) is 3.22. The number of carbonyl (C=O) groups excluding carboxylic acids is 3. The van der Waals surface area contributed by atoms with Crippen LogP contribution in [0.25, 0.3) is 0 Å². The minimum absolute atomic E-state index is 0.0753. The Labute approximate surface area is 182 Å². The maximum Gasteiger partial charge on any atom is 0.330 e. The lowest BCUT2D eigenvalue weighted by atomic mass is 9.97. The fraction of sp³-hybridized carbons (Fsp3) is 0.476. The fourth-order valence-corrected chi connectivity index (χ4v) is 3.22. The molecule has 1 saturated heterocycles. The summed E-state index contributed by atoms with van der Waals surface area (Å²) in [4.78, 5) is 36.6. The summed E-state index contributed by atoms with van der Waals surface area (Å²) in [5, 5.41) is 5.63. The van der Waals surface area contributed by atoms with E-state index in [2.05, 4.69) is 16.1 Å². The summed E-state index contributed by atoms with van der Waals surface area (Å²) >= 11 is 0. The molecule has 1 radical (unpaired) electrons. The molecule has 0 aromatic heterocycles. The second kappa shape index (κ2) is 12.9. The number of benzene rings is 1. The van der Waals surface area contributed by atoms with Gasteiger partial charge in [0.25, 0.3) is 0 Å². The molecule has 1 aliphatic rings. The molecule has 2 rings (SSSR count). The lowest BCUT2D eigenvalue weighted by Crippen LogP contribution is -2.49. The van der Waals surface area contributed by atoms with E-state index in [0.29, 0.717) is 19.4 Å². The molecule has 1 heterocycles. The molecule has 10 heteroatoms. The molecule has 1 aromatic carbocycles. The van der Waals surface area contributed by atoms with Crippen LogP contribution in [-0.4, -0.2) is 50.5 Å². The Kier molecular flexibility index (Phi) is 10.2. The molecular weight excluding hydrogens is 404 g/mol. The Morgan fingerprint density at radius 2 is 2.10 bits per heavy atom. The zero-order valence-corrected chi connectivity index (χ0v) is 17.7. The van der Waals surface area contributed by atoms with Gasteiger partial charge in [-0.3, -0.25) is 9.59 Å². The van der Waals surface area contributed by atoms with Gasteiger partial charge in [0.2, 0.25) is 11.8 Å². The lowest BCUT2D eigenvalue weighted by molar-refractivity contribution is -0.137. The molecule has 0 saturated carbocycles. The molecule has 0 aliphatic carbocycles. The van der Waals surface area contributed by atoms with Crippen molar-refractivity contribution >= 4 is 25.3 Å². The van der Waals surface area contributed by atoms with Gasteiger partial charge in [0.1, 0.15) is 11.9 Å². The van der Waals surface area contributed by atoms with Crippen molar-refractivity contribution in [1.29, 1.82) is 0 Å². The van der Waals surface area contributed by atoms with E-state index in [0.717, 1.165) is 5.56 Å². The Morgan fingerprint density at radius 3 is 2.71 bits per heavy atom. The van der Waals surface area contributed by atoms with Crippen LogP contribution in [0.3, 0.4) is 0 Å². The summed E-state index contributed by atoms with van der Waals surface area (Å²) < 4.78 is 23.2. The zero-order chi connectivity index (χ0) is 22.6. The largest absolute Gasteiger partial charge is 0.463 e.